The molecule has 2 aromatic rings. The minimum atomic E-state index is 0.221. The fourth-order valence-corrected chi connectivity index (χ4v) is 1.78. The molecule has 1 atom stereocenters. The molecule has 0 amide bonds. The van der Waals surface area contributed by atoms with Gasteiger partial charge in [-0.15, -0.1) is 0 Å². The SMILES string of the molecule is NC1CCN(c2ncc3ncoc3n2)C1. The van der Waals surface area contributed by atoms with Crippen molar-refractivity contribution < 1.29 is 4.42 Å². The molecule has 0 bridgehead atoms. The van der Waals surface area contributed by atoms with Crippen LogP contribution in [0.4, 0.5) is 5.95 Å². The second-order valence-corrected chi connectivity index (χ2v) is 3.71. The van der Waals surface area contributed by atoms with Crippen LogP contribution in [0.3, 0.4) is 0 Å². The molecule has 0 spiro atoms. The number of nitrogens with two attached hydrogens (primary N) is 1. The monoisotopic (exact) mass is 205 g/mol. The molecule has 0 saturated carbocycles. The highest BCUT2D eigenvalue weighted by atomic mass is 16.3. The maximum atomic E-state index is 5.82. The van der Waals surface area contributed by atoms with Crippen LogP contribution >= 0.6 is 0 Å². The number of hydrogen-bond donors (Lipinski definition) is 1. The van der Waals surface area contributed by atoms with E-state index >= 15 is 0 Å². The molecule has 1 saturated heterocycles. The van der Waals surface area contributed by atoms with E-state index in [1.54, 1.807) is 6.20 Å². The Kier molecular flexibility index (Phi) is 1.81. The lowest BCUT2D eigenvalue weighted by atomic mass is 10.3. The predicted molar refractivity (Wildman–Crippen MR) is 54.4 cm³/mol. The topological polar surface area (TPSA) is 81.1 Å². The van der Waals surface area contributed by atoms with E-state index in [1.807, 2.05) is 0 Å². The Morgan fingerprint density at radius 1 is 1.47 bits per heavy atom. The summed E-state index contributed by atoms with van der Waals surface area (Å²) in [5.41, 5.74) is 7.03. The highest BCUT2D eigenvalue weighted by Crippen LogP contribution is 2.17. The number of oxazole rings is 1. The fraction of sp³-hybridized carbons (Fsp3) is 0.444. The van der Waals surface area contributed by atoms with E-state index in [2.05, 4.69) is 19.9 Å². The lowest BCUT2D eigenvalue weighted by Gasteiger charge is -2.14. The minimum Gasteiger partial charge on any atom is -0.425 e. The van der Waals surface area contributed by atoms with Gasteiger partial charge in [0.05, 0.1) is 6.20 Å². The Morgan fingerprint density at radius 3 is 3.20 bits per heavy atom. The van der Waals surface area contributed by atoms with E-state index in [0.717, 1.165) is 19.5 Å². The summed E-state index contributed by atoms with van der Waals surface area (Å²) in [6.45, 7) is 1.71. The third-order valence-corrected chi connectivity index (χ3v) is 2.59. The number of fused-ring (bicyclic) bond motifs is 1. The van der Waals surface area contributed by atoms with Crippen LogP contribution in [0.2, 0.25) is 0 Å². The van der Waals surface area contributed by atoms with Crippen LogP contribution in [-0.4, -0.2) is 34.1 Å². The van der Waals surface area contributed by atoms with Gasteiger partial charge in [0.1, 0.15) is 5.52 Å². The van der Waals surface area contributed by atoms with Crippen LogP contribution < -0.4 is 10.6 Å². The van der Waals surface area contributed by atoms with E-state index in [4.69, 9.17) is 10.2 Å². The van der Waals surface area contributed by atoms with E-state index < -0.39 is 0 Å². The minimum absolute atomic E-state index is 0.221. The summed E-state index contributed by atoms with van der Waals surface area (Å²) < 4.78 is 5.12. The third kappa shape index (κ3) is 1.42. The summed E-state index contributed by atoms with van der Waals surface area (Å²) in [7, 11) is 0. The number of nitrogens with zero attached hydrogens (tertiary/aromatic N) is 4. The van der Waals surface area contributed by atoms with Crippen molar-refractivity contribution in [1.82, 2.24) is 15.0 Å². The van der Waals surface area contributed by atoms with Gasteiger partial charge in [0.2, 0.25) is 5.95 Å². The first-order valence-corrected chi connectivity index (χ1v) is 4.90. The van der Waals surface area contributed by atoms with Crippen LogP contribution in [-0.2, 0) is 0 Å². The average Bonchev–Trinajstić information content (AvgIpc) is 2.84. The van der Waals surface area contributed by atoms with Crippen molar-refractivity contribution in [3.8, 4) is 0 Å². The smallest absolute Gasteiger partial charge is 0.251 e. The quantitative estimate of drug-likeness (QED) is 0.714. The molecular weight excluding hydrogens is 194 g/mol. The number of hydrogen-bond acceptors (Lipinski definition) is 6. The zero-order valence-corrected chi connectivity index (χ0v) is 8.13. The summed E-state index contributed by atoms with van der Waals surface area (Å²) in [5, 5.41) is 0. The van der Waals surface area contributed by atoms with Crippen LogP contribution in [0.5, 0.6) is 0 Å². The molecular formula is C9H11N5O. The molecule has 0 aliphatic carbocycles. The molecule has 2 N–H and O–H groups in total. The van der Waals surface area contributed by atoms with Crippen LogP contribution in [0.25, 0.3) is 11.2 Å². The molecule has 0 aromatic carbocycles. The lowest BCUT2D eigenvalue weighted by Crippen LogP contribution is -2.27. The zero-order valence-electron chi connectivity index (χ0n) is 8.13. The molecule has 3 heterocycles. The number of rotatable bonds is 1. The van der Waals surface area contributed by atoms with E-state index in [9.17, 15) is 0 Å². The third-order valence-electron chi connectivity index (χ3n) is 2.59. The van der Waals surface area contributed by atoms with E-state index in [-0.39, 0.29) is 6.04 Å². The zero-order chi connectivity index (χ0) is 10.3. The van der Waals surface area contributed by atoms with Gasteiger partial charge in [-0.05, 0) is 6.42 Å². The first-order valence-electron chi connectivity index (χ1n) is 4.90. The first kappa shape index (κ1) is 8.60. The maximum Gasteiger partial charge on any atom is 0.251 e. The summed E-state index contributed by atoms with van der Waals surface area (Å²) in [6, 6.07) is 0.221. The number of aromatic nitrogens is 3. The standard InChI is InChI=1S/C9H11N5O/c10-6-1-2-14(4-6)9-11-3-7-8(13-9)15-5-12-7/h3,5-6H,1-2,4,10H2. The molecule has 1 unspecified atom stereocenters. The normalized spacial score (nSPS) is 21.4. The summed E-state index contributed by atoms with van der Waals surface area (Å²) in [5.74, 6) is 0.673. The van der Waals surface area contributed by atoms with Crippen LogP contribution in [0.1, 0.15) is 6.42 Å². The van der Waals surface area contributed by atoms with Crippen molar-refractivity contribution in [3.05, 3.63) is 12.6 Å². The van der Waals surface area contributed by atoms with Gasteiger partial charge in [-0.3, -0.25) is 0 Å². The molecule has 78 valence electrons. The molecule has 0 radical (unpaired) electrons. The maximum absolute atomic E-state index is 5.82. The fourth-order valence-electron chi connectivity index (χ4n) is 1.78. The van der Waals surface area contributed by atoms with E-state index in [0.29, 0.717) is 17.2 Å². The highest BCUT2D eigenvalue weighted by molar-refractivity contribution is 5.67. The van der Waals surface area contributed by atoms with Crippen molar-refractivity contribution in [1.29, 1.82) is 0 Å². The average molecular weight is 205 g/mol. The Bertz CT molecular complexity index is 482. The highest BCUT2D eigenvalue weighted by Gasteiger charge is 2.21. The van der Waals surface area contributed by atoms with E-state index in [1.165, 1.54) is 6.39 Å². The van der Waals surface area contributed by atoms with Gasteiger partial charge in [-0.1, -0.05) is 0 Å². The summed E-state index contributed by atoms with van der Waals surface area (Å²) in [4.78, 5) is 14.5. The predicted octanol–water partition coefficient (Wildman–Crippen LogP) is 0.155. The molecule has 1 fully saturated rings. The Morgan fingerprint density at radius 2 is 2.40 bits per heavy atom. The lowest BCUT2D eigenvalue weighted by molar-refractivity contribution is 0.589. The second kappa shape index (κ2) is 3.16. The summed E-state index contributed by atoms with van der Waals surface area (Å²) >= 11 is 0. The van der Waals surface area contributed by atoms with Gasteiger partial charge < -0.3 is 15.1 Å². The van der Waals surface area contributed by atoms with Crippen LogP contribution in [0.15, 0.2) is 17.0 Å². The Hall–Kier alpha value is -1.69. The molecule has 2 aromatic heterocycles. The Balaban J connectivity index is 1.97. The van der Waals surface area contributed by atoms with Crippen molar-refractivity contribution >= 4 is 17.2 Å². The Labute approximate surface area is 86.1 Å². The van der Waals surface area contributed by atoms with Gasteiger partial charge in [-0.25, -0.2) is 9.97 Å². The van der Waals surface area contributed by atoms with Crippen LogP contribution in [0, 0.1) is 0 Å². The van der Waals surface area contributed by atoms with Gasteiger partial charge >= 0.3 is 0 Å². The molecule has 15 heavy (non-hydrogen) atoms. The van der Waals surface area contributed by atoms with Crippen molar-refractivity contribution in [3.63, 3.8) is 0 Å². The van der Waals surface area contributed by atoms with Crippen molar-refractivity contribution in [2.24, 2.45) is 5.73 Å². The molecule has 6 nitrogen and oxygen atoms in total. The molecule has 1 aliphatic heterocycles. The summed E-state index contributed by atoms with van der Waals surface area (Å²) in [6.07, 6.45) is 4.03. The van der Waals surface area contributed by atoms with Gasteiger partial charge in [0, 0.05) is 19.1 Å². The largest absolute Gasteiger partial charge is 0.425 e. The van der Waals surface area contributed by atoms with Gasteiger partial charge in [0.25, 0.3) is 5.71 Å². The second-order valence-electron chi connectivity index (χ2n) is 3.71. The van der Waals surface area contributed by atoms with Crippen molar-refractivity contribution in [2.75, 3.05) is 18.0 Å². The van der Waals surface area contributed by atoms with Gasteiger partial charge in [-0.2, -0.15) is 4.98 Å². The molecule has 1 aliphatic rings. The molecule has 3 rings (SSSR count). The number of anilines is 1. The first-order chi connectivity index (χ1) is 7.33. The van der Waals surface area contributed by atoms with Crippen molar-refractivity contribution in [2.45, 2.75) is 12.5 Å². The van der Waals surface area contributed by atoms with Gasteiger partial charge in [0.15, 0.2) is 6.39 Å². The molecule has 6 heteroatoms.